The minimum atomic E-state index is -1.45. The number of aromatic nitrogens is 2. The average Bonchev–Trinajstić information content (AvgIpc) is 2.75. The zero-order chi connectivity index (χ0) is 14.0. The Labute approximate surface area is 107 Å². The standard InChI is InChI=1S/C12H10FN3O3/c1-16-6-14-5-9(16)11(17)15-8-4-2-3-7(13)10(8)12(18)19/h2-6H,1H3,(H,15,17)(H,18,19). The summed E-state index contributed by atoms with van der Waals surface area (Å²) in [6.07, 6.45) is 2.76. The first kappa shape index (κ1) is 12.7. The maximum absolute atomic E-state index is 13.4. The van der Waals surface area contributed by atoms with Gasteiger partial charge in [0.25, 0.3) is 5.91 Å². The third-order valence-electron chi connectivity index (χ3n) is 2.52. The Morgan fingerprint density at radius 2 is 2.16 bits per heavy atom. The van der Waals surface area contributed by atoms with Crippen LogP contribution in [0.5, 0.6) is 0 Å². The predicted molar refractivity (Wildman–Crippen MR) is 64.5 cm³/mol. The smallest absolute Gasteiger partial charge is 0.340 e. The van der Waals surface area contributed by atoms with Gasteiger partial charge in [0.15, 0.2) is 0 Å². The molecule has 0 radical (unpaired) electrons. The van der Waals surface area contributed by atoms with Gasteiger partial charge in [-0.15, -0.1) is 0 Å². The number of carboxylic acid groups (broad SMARTS) is 1. The molecule has 0 unspecified atom stereocenters. The third-order valence-corrected chi connectivity index (χ3v) is 2.52. The number of benzene rings is 1. The molecule has 98 valence electrons. The molecule has 0 spiro atoms. The van der Waals surface area contributed by atoms with Crippen LogP contribution in [0.4, 0.5) is 10.1 Å². The fraction of sp³-hybridized carbons (Fsp3) is 0.0833. The van der Waals surface area contributed by atoms with Gasteiger partial charge in [0.1, 0.15) is 17.1 Å². The number of carbonyl (C=O) groups excluding carboxylic acids is 1. The van der Waals surface area contributed by atoms with Crippen molar-refractivity contribution in [3.8, 4) is 0 Å². The number of anilines is 1. The van der Waals surface area contributed by atoms with E-state index in [1.165, 1.54) is 29.2 Å². The van der Waals surface area contributed by atoms with Crippen LogP contribution in [0.2, 0.25) is 0 Å². The van der Waals surface area contributed by atoms with Gasteiger partial charge < -0.3 is 15.0 Å². The number of rotatable bonds is 3. The summed E-state index contributed by atoms with van der Waals surface area (Å²) in [5.74, 6) is -2.91. The molecule has 1 heterocycles. The lowest BCUT2D eigenvalue weighted by Gasteiger charge is -2.09. The number of hydrogen-bond donors (Lipinski definition) is 2. The molecule has 1 amide bonds. The average molecular weight is 263 g/mol. The quantitative estimate of drug-likeness (QED) is 0.879. The molecule has 0 saturated heterocycles. The molecule has 0 saturated carbocycles. The van der Waals surface area contributed by atoms with Gasteiger partial charge in [-0.25, -0.2) is 14.2 Å². The molecule has 1 aromatic carbocycles. The Bertz CT molecular complexity index is 651. The van der Waals surface area contributed by atoms with Gasteiger partial charge in [-0.2, -0.15) is 0 Å². The molecule has 0 atom stereocenters. The van der Waals surface area contributed by atoms with E-state index in [0.29, 0.717) is 0 Å². The number of imidazole rings is 1. The lowest BCUT2D eigenvalue weighted by atomic mass is 10.1. The molecule has 19 heavy (non-hydrogen) atoms. The molecule has 0 aliphatic carbocycles. The third kappa shape index (κ3) is 2.44. The first-order valence-electron chi connectivity index (χ1n) is 5.30. The predicted octanol–water partition coefficient (Wildman–Crippen LogP) is 1.51. The number of aryl methyl sites for hydroxylation is 1. The van der Waals surface area contributed by atoms with Crippen molar-refractivity contribution in [3.05, 3.63) is 47.8 Å². The summed E-state index contributed by atoms with van der Waals surface area (Å²) in [4.78, 5) is 26.6. The molecule has 2 rings (SSSR count). The summed E-state index contributed by atoms with van der Waals surface area (Å²) >= 11 is 0. The van der Waals surface area contributed by atoms with E-state index in [1.807, 2.05) is 0 Å². The van der Waals surface area contributed by atoms with Crippen molar-refractivity contribution >= 4 is 17.6 Å². The Morgan fingerprint density at radius 3 is 2.74 bits per heavy atom. The zero-order valence-electron chi connectivity index (χ0n) is 9.92. The molecule has 2 aromatic rings. The fourth-order valence-corrected chi connectivity index (χ4v) is 1.61. The van der Waals surface area contributed by atoms with Crippen molar-refractivity contribution in [2.75, 3.05) is 5.32 Å². The van der Waals surface area contributed by atoms with Gasteiger partial charge in [0.05, 0.1) is 18.2 Å². The first-order valence-corrected chi connectivity index (χ1v) is 5.30. The summed E-state index contributed by atoms with van der Waals surface area (Å²) in [6.45, 7) is 0. The number of nitrogens with one attached hydrogen (secondary N) is 1. The Hall–Kier alpha value is -2.70. The van der Waals surface area contributed by atoms with Crippen LogP contribution in [-0.4, -0.2) is 26.5 Å². The summed E-state index contributed by atoms with van der Waals surface area (Å²) in [7, 11) is 1.62. The van der Waals surface area contributed by atoms with Crippen LogP contribution >= 0.6 is 0 Å². The Kier molecular flexibility index (Phi) is 3.28. The van der Waals surface area contributed by atoms with Crippen LogP contribution in [0.1, 0.15) is 20.8 Å². The van der Waals surface area contributed by atoms with Gasteiger partial charge in [-0.05, 0) is 12.1 Å². The van der Waals surface area contributed by atoms with Crippen LogP contribution in [-0.2, 0) is 7.05 Å². The van der Waals surface area contributed by atoms with Crippen molar-refractivity contribution < 1.29 is 19.1 Å². The van der Waals surface area contributed by atoms with Crippen LogP contribution in [0, 0.1) is 5.82 Å². The highest BCUT2D eigenvalue weighted by Gasteiger charge is 2.18. The fourth-order valence-electron chi connectivity index (χ4n) is 1.61. The maximum atomic E-state index is 13.4. The second-order valence-corrected chi connectivity index (χ2v) is 3.81. The topological polar surface area (TPSA) is 84.2 Å². The number of nitrogens with zero attached hydrogens (tertiary/aromatic N) is 2. The van der Waals surface area contributed by atoms with Gasteiger partial charge in [-0.1, -0.05) is 6.07 Å². The summed E-state index contributed by atoms with van der Waals surface area (Å²) < 4.78 is 14.9. The SMILES string of the molecule is Cn1cncc1C(=O)Nc1cccc(F)c1C(=O)O. The lowest BCUT2D eigenvalue weighted by molar-refractivity contribution is 0.0693. The monoisotopic (exact) mass is 263 g/mol. The molecule has 0 fully saturated rings. The van der Waals surface area contributed by atoms with Crippen LogP contribution in [0.3, 0.4) is 0 Å². The van der Waals surface area contributed by atoms with Gasteiger partial charge in [-0.3, -0.25) is 4.79 Å². The maximum Gasteiger partial charge on any atom is 0.340 e. The van der Waals surface area contributed by atoms with Crippen molar-refractivity contribution in [1.82, 2.24) is 9.55 Å². The molecule has 0 aliphatic heterocycles. The van der Waals surface area contributed by atoms with E-state index in [2.05, 4.69) is 10.3 Å². The van der Waals surface area contributed by atoms with Crippen molar-refractivity contribution in [2.45, 2.75) is 0 Å². The molecule has 7 heteroatoms. The van der Waals surface area contributed by atoms with E-state index in [-0.39, 0.29) is 11.4 Å². The largest absolute Gasteiger partial charge is 0.478 e. The number of carboxylic acids is 1. The van der Waals surface area contributed by atoms with Crippen LogP contribution in [0.15, 0.2) is 30.7 Å². The van der Waals surface area contributed by atoms with E-state index in [4.69, 9.17) is 5.11 Å². The number of amides is 1. The highest BCUT2D eigenvalue weighted by Crippen LogP contribution is 2.19. The molecule has 6 nitrogen and oxygen atoms in total. The highest BCUT2D eigenvalue weighted by molar-refractivity contribution is 6.06. The van der Waals surface area contributed by atoms with Gasteiger partial charge in [0.2, 0.25) is 0 Å². The summed E-state index contributed by atoms with van der Waals surface area (Å²) in [5.41, 5.74) is -0.433. The lowest BCUT2D eigenvalue weighted by Crippen LogP contribution is -2.18. The van der Waals surface area contributed by atoms with E-state index in [0.717, 1.165) is 6.07 Å². The normalized spacial score (nSPS) is 10.2. The highest BCUT2D eigenvalue weighted by atomic mass is 19.1. The second kappa shape index (κ2) is 4.89. The molecule has 2 N–H and O–H groups in total. The minimum absolute atomic E-state index is 0.0984. The van der Waals surface area contributed by atoms with E-state index < -0.39 is 23.3 Å². The van der Waals surface area contributed by atoms with E-state index in [1.54, 1.807) is 7.05 Å². The van der Waals surface area contributed by atoms with Crippen molar-refractivity contribution in [1.29, 1.82) is 0 Å². The van der Waals surface area contributed by atoms with Gasteiger partial charge >= 0.3 is 5.97 Å². The Balaban J connectivity index is 2.35. The van der Waals surface area contributed by atoms with Crippen molar-refractivity contribution in [3.63, 3.8) is 0 Å². The van der Waals surface area contributed by atoms with E-state index >= 15 is 0 Å². The number of carbonyl (C=O) groups is 2. The first-order chi connectivity index (χ1) is 9.00. The number of aromatic carboxylic acids is 1. The van der Waals surface area contributed by atoms with Crippen LogP contribution < -0.4 is 5.32 Å². The Morgan fingerprint density at radius 1 is 1.42 bits per heavy atom. The molecule has 0 bridgehead atoms. The molecule has 1 aromatic heterocycles. The molecular formula is C12H10FN3O3. The summed E-state index contributed by atoms with van der Waals surface area (Å²) in [5, 5.41) is 11.3. The van der Waals surface area contributed by atoms with Crippen molar-refractivity contribution in [2.24, 2.45) is 7.05 Å². The number of halogens is 1. The minimum Gasteiger partial charge on any atom is -0.478 e. The van der Waals surface area contributed by atoms with E-state index in [9.17, 15) is 14.0 Å². The molecule has 0 aliphatic rings. The second-order valence-electron chi connectivity index (χ2n) is 3.81. The van der Waals surface area contributed by atoms with Gasteiger partial charge in [0, 0.05) is 7.05 Å². The zero-order valence-corrected chi connectivity index (χ0v) is 9.92. The summed E-state index contributed by atoms with van der Waals surface area (Å²) in [6, 6.07) is 3.66. The number of hydrogen-bond acceptors (Lipinski definition) is 3. The van der Waals surface area contributed by atoms with Crippen LogP contribution in [0.25, 0.3) is 0 Å². The molecular weight excluding hydrogens is 253 g/mol.